The van der Waals surface area contributed by atoms with Crippen molar-refractivity contribution in [3.05, 3.63) is 0 Å². The second-order valence-electron chi connectivity index (χ2n) is 19.4. The lowest BCUT2D eigenvalue weighted by Crippen LogP contribution is -2.67. The lowest BCUT2D eigenvalue weighted by molar-refractivity contribution is -0.248. The molecule has 9 atom stereocenters. The topological polar surface area (TPSA) is 102 Å². The number of ether oxygens (including phenoxy) is 3. The number of methoxy groups -OCH3 is 1. The Hall–Kier alpha value is -1.67. The van der Waals surface area contributed by atoms with Gasteiger partial charge in [-0.05, 0) is 131 Å². The Bertz CT molecular complexity index is 1270. The van der Waals surface area contributed by atoms with Crippen molar-refractivity contribution in [1.82, 2.24) is 4.90 Å². The molecule has 8 unspecified atom stereocenters. The summed E-state index contributed by atoms with van der Waals surface area (Å²) in [6.07, 6.45) is 14.0. The minimum Gasteiger partial charge on any atom is -0.481 e. The average molecular weight is 686 g/mol. The van der Waals surface area contributed by atoms with Gasteiger partial charge in [0.15, 0.2) is 0 Å². The van der Waals surface area contributed by atoms with Crippen molar-refractivity contribution in [3.63, 3.8) is 0 Å². The van der Waals surface area contributed by atoms with Crippen molar-refractivity contribution < 1.29 is 33.7 Å². The van der Waals surface area contributed by atoms with Gasteiger partial charge in [-0.15, -0.1) is 0 Å². The van der Waals surface area contributed by atoms with E-state index in [1.54, 1.807) is 21.0 Å². The average Bonchev–Trinajstić information content (AvgIpc) is 3.48. The second kappa shape index (κ2) is 13.1. The van der Waals surface area contributed by atoms with Crippen LogP contribution in [0.4, 0.5) is 0 Å². The van der Waals surface area contributed by atoms with Crippen molar-refractivity contribution in [2.24, 2.45) is 56.2 Å². The van der Waals surface area contributed by atoms with Crippen LogP contribution < -0.4 is 0 Å². The maximum absolute atomic E-state index is 14.6. The van der Waals surface area contributed by atoms with Gasteiger partial charge in [0.25, 0.3) is 0 Å². The van der Waals surface area contributed by atoms with Gasteiger partial charge in [0.1, 0.15) is 6.10 Å². The number of carboxylic acid groups (broad SMARTS) is 1. The van der Waals surface area contributed by atoms with Crippen LogP contribution in [0.1, 0.15) is 138 Å². The summed E-state index contributed by atoms with van der Waals surface area (Å²) in [5, 5.41) is 9.58. The number of nitrogens with zero attached hydrogens (tertiary/aromatic N) is 1. The molecule has 5 saturated carbocycles. The molecule has 0 aromatic carbocycles. The van der Waals surface area contributed by atoms with Crippen LogP contribution in [-0.2, 0) is 28.6 Å². The summed E-state index contributed by atoms with van der Waals surface area (Å²) in [5.41, 5.74) is -0.928. The van der Waals surface area contributed by atoms with Gasteiger partial charge in [-0.1, -0.05) is 41.0 Å². The van der Waals surface area contributed by atoms with Crippen molar-refractivity contribution in [2.75, 3.05) is 33.4 Å². The highest BCUT2D eigenvalue weighted by Crippen LogP contribution is 2.77. The zero-order valence-electron chi connectivity index (χ0n) is 32.0. The quantitative estimate of drug-likeness (QED) is 0.194. The molecule has 6 aliphatic rings. The third-order valence-corrected chi connectivity index (χ3v) is 16.5. The largest absolute Gasteiger partial charge is 0.481 e. The maximum Gasteiger partial charge on any atom is 0.309 e. The molecule has 8 heteroatoms. The van der Waals surface area contributed by atoms with E-state index < -0.39 is 11.4 Å². The van der Waals surface area contributed by atoms with Crippen LogP contribution in [0, 0.1) is 56.2 Å². The summed E-state index contributed by atoms with van der Waals surface area (Å²) in [4.78, 5) is 41.5. The number of rotatable bonds is 9. The fraction of sp³-hybridized carbons (Fsp3) is 0.927. The molecule has 1 saturated heterocycles. The Kier molecular flexibility index (Phi) is 9.90. The molecule has 0 aromatic rings. The van der Waals surface area contributed by atoms with Gasteiger partial charge < -0.3 is 24.2 Å². The number of carbonyl (C=O) groups excluding carboxylic acids is 2. The van der Waals surface area contributed by atoms with Gasteiger partial charge in [-0.3, -0.25) is 14.4 Å². The van der Waals surface area contributed by atoms with Gasteiger partial charge >= 0.3 is 11.9 Å². The molecule has 0 spiro atoms. The number of hydrogen-bond acceptors (Lipinski definition) is 6. The standard InChI is InChI=1S/C41H67NO7/c1-36(2,35(45)46)26-33(43)49-32-14-18-38(5)30(37(32,3)4)13-19-40(7)31(38)12-11-28-29-10-9-17-41(29,21-20-39(28,40)6)34(44)42-22-15-27(16-23-42)48-25-24-47-8/h27-32H,9-26H2,1-8H3,(H,45,46)/t28?,29?,30?,31?,32?,38?,39-,40?,41?/m1/s1. The number of carbonyl (C=O) groups is 3. The molecule has 49 heavy (non-hydrogen) atoms. The van der Waals surface area contributed by atoms with Gasteiger partial charge in [0.05, 0.1) is 36.6 Å². The molecule has 1 N–H and O–H groups in total. The molecule has 0 radical (unpaired) electrons. The van der Waals surface area contributed by atoms with E-state index in [1.165, 1.54) is 32.1 Å². The van der Waals surface area contributed by atoms with Gasteiger partial charge in [-0.2, -0.15) is 0 Å². The van der Waals surface area contributed by atoms with Gasteiger partial charge in [0, 0.05) is 25.6 Å². The fourth-order valence-electron chi connectivity index (χ4n) is 13.6. The highest BCUT2D eigenvalue weighted by atomic mass is 16.5. The number of amides is 1. The first-order chi connectivity index (χ1) is 23.0. The van der Waals surface area contributed by atoms with Crippen molar-refractivity contribution >= 4 is 17.8 Å². The summed E-state index contributed by atoms with van der Waals surface area (Å²) in [6, 6.07) is 0. The van der Waals surface area contributed by atoms with E-state index in [9.17, 15) is 19.5 Å². The van der Waals surface area contributed by atoms with E-state index in [1.807, 2.05) is 0 Å². The Labute approximate surface area is 296 Å². The molecular weight excluding hydrogens is 618 g/mol. The molecule has 1 aliphatic heterocycles. The number of fused-ring (bicyclic) bond motifs is 7. The number of piperidine rings is 1. The number of hydrogen-bond donors (Lipinski definition) is 1. The van der Waals surface area contributed by atoms with E-state index in [2.05, 4.69) is 39.5 Å². The smallest absolute Gasteiger partial charge is 0.309 e. The number of aliphatic carboxylic acids is 1. The van der Waals surface area contributed by atoms with E-state index in [4.69, 9.17) is 14.2 Å². The van der Waals surface area contributed by atoms with Crippen molar-refractivity contribution in [3.8, 4) is 0 Å². The molecule has 278 valence electrons. The third-order valence-electron chi connectivity index (χ3n) is 16.5. The first kappa shape index (κ1) is 37.1. The molecule has 8 nitrogen and oxygen atoms in total. The van der Waals surface area contributed by atoms with Crippen LogP contribution >= 0.6 is 0 Å². The SMILES string of the molecule is COCCOC1CCN(C(=O)C23CCCC2C2CCC4C5(C)CCC(OC(=O)CC(C)(C)C(=O)O)C(C)(C)C5CCC4(C)[C@]2(C)CC3)CC1. The normalized spacial score (nSPS) is 42.0. The summed E-state index contributed by atoms with van der Waals surface area (Å²) in [5.74, 6) is 1.21. The van der Waals surface area contributed by atoms with Gasteiger partial charge in [-0.25, -0.2) is 0 Å². The number of likely N-dealkylation sites (tertiary alicyclic amines) is 1. The molecule has 5 aliphatic carbocycles. The van der Waals surface area contributed by atoms with Crippen molar-refractivity contribution in [2.45, 2.75) is 151 Å². The summed E-state index contributed by atoms with van der Waals surface area (Å²) in [7, 11) is 1.71. The van der Waals surface area contributed by atoms with Crippen LogP contribution in [0.2, 0.25) is 0 Å². The van der Waals surface area contributed by atoms with E-state index >= 15 is 0 Å². The molecule has 0 bridgehead atoms. The Balaban J connectivity index is 1.17. The minimum atomic E-state index is -1.14. The van der Waals surface area contributed by atoms with E-state index in [-0.39, 0.29) is 51.7 Å². The van der Waals surface area contributed by atoms with Crippen LogP contribution in [0.3, 0.4) is 0 Å². The predicted octanol–water partition coefficient (Wildman–Crippen LogP) is 7.91. The van der Waals surface area contributed by atoms with Crippen LogP contribution in [0.15, 0.2) is 0 Å². The minimum absolute atomic E-state index is 0.107. The van der Waals surface area contributed by atoms with Crippen molar-refractivity contribution in [1.29, 1.82) is 0 Å². The van der Waals surface area contributed by atoms with E-state index in [0.717, 1.165) is 64.5 Å². The third kappa shape index (κ3) is 5.89. The maximum atomic E-state index is 14.6. The Morgan fingerprint density at radius 3 is 2.16 bits per heavy atom. The monoisotopic (exact) mass is 685 g/mol. The Morgan fingerprint density at radius 1 is 0.776 bits per heavy atom. The molecule has 6 rings (SSSR count). The van der Waals surface area contributed by atoms with E-state index in [0.29, 0.717) is 42.8 Å². The highest BCUT2D eigenvalue weighted by Gasteiger charge is 2.71. The van der Waals surface area contributed by atoms with Crippen LogP contribution in [-0.4, -0.2) is 73.5 Å². The number of carboxylic acids is 1. The fourth-order valence-corrected chi connectivity index (χ4v) is 13.6. The zero-order valence-corrected chi connectivity index (χ0v) is 32.0. The van der Waals surface area contributed by atoms with Crippen LogP contribution in [0.25, 0.3) is 0 Å². The summed E-state index contributed by atoms with van der Waals surface area (Å²) >= 11 is 0. The molecule has 6 fully saturated rings. The lowest BCUT2D eigenvalue weighted by Gasteiger charge is -2.72. The molecule has 1 amide bonds. The molecule has 1 heterocycles. The second-order valence-corrected chi connectivity index (χ2v) is 19.4. The first-order valence-electron chi connectivity index (χ1n) is 19.8. The lowest BCUT2D eigenvalue weighted by atomic mass is 9.32. The van der Waals surface area contributed by atoms with Gasteiger partial charge in [0.2, 0.25) is 5.91 Å². The predicted molar refractivity (Wildman–Crippen MR) is 189 cm³/mol. The number of esters is 1. The zero-order chi connectivity index (χ0) is 35.6. The Morgan fingerprint density at radius 2 is 1.49 bits per heavy atom. The summed E-state index contributed by atoms with van der Waals surface area (Å²) in [6.45, 7) is 18.5. The van der Waals surface area contributed by atoms with Crippen LogP contribution in [0.5, 0.6) is 0 Å². The summed E-state index contributed by atoms with van der Waals surface area (Å²) < 4.78 is 17.4. The first-order valence-corrected chi connectivity index (χ1v) is 19.8. The molecular formula is C41H67NO7. The highest BCUT2D eigenvalue weighted by molar-refractivity contribution is 5.84. The molecule has 0 aromatic heterocycles.